The Hall–Kier alpha value is -2.44. The molecule has 0 saturated heterocycles. The molecule has 2 aromatic rings. The summed E-state index contributed by atoms with van der Waals surface area (Å²) >= 11 is 0. The molecular weight excluding hydrogens is 278 g/mol. The highest BCUT2D eigenvalue weighted by atomic mass is 19.1. The number of H-pyrrole nitrogens is 1. The third kappa shape index (κ3) is 3.01. The number of amides is 1. The molecule has 21 heavy (non-hydrogen) atoms. The number of aromatic nitrogens is 2. The maximum atomic E-state index is 13.8. The molecule has 0 radical (unpaired) electrons. The van der Waals surface area contributed by atoms with E-state index in [4.69, 9.17) is 0 Å². The Balaban J connectivity index is 2.28. The fourth-order valence-electron chi connectivity index (χ4n) is 1.97. The number of anilines is 2. The van der Waals surface area contributed by atoms with Gasteiger partial charge in [0.1, 0.15) is 17.3 Å². The van der Waals surface area contributed by atoms with Gasteiger partial charge in [-0.15, -0.1) is 0 Å². The quantitative estimate of drug-likeness (QED) is 0.812. The Labute approximate surface area is 120 Å². The number of aromatic amines is 1. The third-order valence-corrected chi connectivity index (χ3v) is 3.02. The van der Waals surface area contributed by atoms with Crippen molar-refractivity contribution in [1.29, 1.82) is 0 Å². The Bertz CT molecular complexity index is 639. The van der Waals surface area contributed by atoms with Crippen molar-refractivity contribution in [2.75, 3.05) is 17.2 Å². The zero-order valence-electron chi connectivity index (χ0n) is 12.0. The molecule has 1 aromatic heterocycles. The highest BCUT2D eigenvalue weighted by Gasteiger charge is 2.17. The molecule has 0 spiro atoms. The van der Waals surface area contributed by atoms with Crippen LogP contribution in [0.2, 0.25) is 0 Å². The van der Waals surface area contributed by atoms with Crippen LogP contribution in [0.15, 0.2) is 12.1 Å². The number of aryl methyl sites for hydroxylation is 2. The first kappa shape index (κ1) is 15.0. The van der Waals surface area contributed by atoms with E-state index in [2.05, 4.69) is 20.8 Å². The average molecular weight is 294 g/mol. The second kappa shape index (κ2) is 5.90. The van der Waals surface area contributed by atoms with Gasteiger partial charge in [0, 0.05) is 12.1 Å². The number of carbonyl (C=O) groups excluding carboxylic acids is 1. The van der Waals surface area contributed by atoms with Gasteiger partial charge in [0.15, 0.2) is 0 Å². The van der Waals surface area contributed by atoms with Gasteiger partial charge in [-0.3, -0.25) is 9.89 Å². The van der Waals surface area contributed by atoms with E-state index in [1.54, 1.807) is 20.8 Å². The maximum absolute atomic E-state index is 13.8. The Kier molecular flexibility index (Phi) is 4.21. The molecule has 112 valence electrons. The van der Waals surface area contributed by atoms with Crippen molar-refractivity contribution in [3.63, 3.8) is 0 Å². The fraction of sp³-hybridized carbons (Fsp3) is 0.286. The van der Waals surface area contributed by atoms with Gasteiger partial charge >= 0.3 is 0 Å². The molecule has 0 aliphatic rings. The predicted molar refractivity (Wildman–Crippen MR) is 76.5 cm³/mol. The highest BCUT2D eigenvalue weighted by Crippen LogP contribution is 2.22. The zero-order chi connectivity index (χ0) is 15.6. The van der Waals surface area contributed by atoms with Crippen molar-refractivity contribution in [3.8, 4) is 0 Å². The number of halogens is 2. The van der Waals surface area contributed by atoms with Crippen LogP contribution in [0.4, 0.5) is 20.2 Å². The van der Waals surface area contributed by atoms with Gasteiger partial charge in [-0.1, -0.05) is 0 Å². The molecule has 1 amide bonds. The van der Waals surface area contributed by atoms with Crippen LogP contribution in [0, 0.1) is 25.5 Å². The van der Waals surface area contributed by atoms with Gasteiger partial charge in [0.05, 0.1) is 17.1 Å². The number of rotatable bonds is 4. The first-order valence-electron chi connectivity index (χ1n) is 6.49. The highest BCUT2D eigenvalue weighted by molar-refractivity contribution is 6.05. The van der Waals surface area contributed by atoms with Gasteiger partial charge in [-0.25, -0.2) is 8.78 Å². The van der Waals surface area contributed by atoms with Crippen LogP contribution in [-0.4, -0.2) is 22.6 Å². The molecule has 0 aliphatic heterocycles. The van der Waals surface area contributed by atoms with Gasteiger partial charge in [-0.2, -0.15) is 5.10 Å². The number of benzene rings is 1. The topological polar surface area (TPSA) is 69.8 Å². The molecule has 1 aromatic carbocycles. The second-order valence-corrected chi connectivity index (χ2v) is 4.61. The van der Waals surface area contributed by atoms with Crippen molar-refractivity contribution in [2.45, 2.75) is 20.8 Å². The van der Waals surface area contributed by atoms with Gasteiger partial charge < -0.3 is 10.6 Å². The molecular formula is C14H16F2N4O. The molecule has 0 unspecified atom stereocenters. The van der Waals surface area contributed by atoms with Crippen molar-refractivity contribution < 1.29 is 13.6 Å². The van der Waals surface area contributed by atoms with Crippen LogP contribution in [0.5, 0.6) is 0 Å². The molecule has 2 rings (SSSR count). The summed E-state index contributed by atoms with van der Waals surface area (Å²) in [6.45, 7) is 5.57. The summed E-state index contributed by atoms with van der Waals surface area (Å²) in [4.78, 5) is 12.1. The van der Waals surface area contributed by atoms with Gasteiger partial charge in [0.25, 0.3) is 5.91 Å². The smallest absolute Gasteiger partial charge is 0.255 e. The standard InChI is InChI=1S/C14H16F2N4O/c1-4-17-13-10(15)5-9(6-11(13)16)14(21)18-12-7(2)19-20-8(12)3/h5-6,17H,4H2,1-3H3,(H,18,21)(H,19,20). The van der Waals surface area contributed by atoms with E-state index in [9.17, 15) is 13.6 Å². The molecule has 0 bridgehead atoms. The average Bonchev–Trinajstić information content (AvgIpc) is 2.74. The molecule has 0 fully saturated rings. The van der Waals surface area contributed by atoms with Crippen molar-refractivity contribution in [2.24, 2.45) is 0 Å². The van der Waals surface area contributed by atoms with Crippen LogP contribution in [-0.2, 0) is 0 Å². The fourth-order valence-corrected chi connectivity index (χ4v) is 1.97. The van der Waals surface area contributed by atoms with Gasteiger partial charge in [0.2, 0.25) is 0 Å². The van der Waals surface area contributed by atoms with E-state index >= 15 is 0 Å². The summed E-state index contributed by atoms with van der Waals surface area (Å²) in [5, 5.41) is 11.8. The van der Waals surface area contributed by atoms with E-state index in [1.807, 2.05) is 0 Å². The minimum atomic E-state index is -0.803. The number of nitrogens with zero attached hydrogens (tertiary/aromatic N) is 1. The predicted octanol–water partition coefficient (Wildman–Crippen LogP) is 2.99. The largest absolute Gasteiger partial charge is 0.381 e. The summed E-state index contributed by atoms with van der Waals surface area (Å²) in [5.74, 6) is -2.20. The molecule has 5 nitrogen and oxygen atoms in total. The van der Waals surface area contributed by atoms with E-state index < -0.39 is 17.5 Å². The van der Waals surface area contributed by atoms with Crippen molar-refractivity contribution in [1.82, 2.24) is 10.2 Å². The van der Waals surface area contributed by atoms with Crippen LogP contribution in [0.3, 0.4) is 0 Å². The lowest BCUT2D eigenvalue weighted by atomic mass is 10.1. The summed E-state index contributed by atoms with van der Waals surface area (Å²) in [6, 6.07) is 2.00. The lowest BCUT2D eigenvalue weighted by Gasteiger charge is -2.10. The van der Waals surface area contributed by atoms with Crippen LogP contribution in [0.1, 0.15) is 28.7 Å². The Morgan fingerprint density at radius 2 is 1.86 bits per heavy atom. The Morgan fingerprint density at radius 3 is 2.33 bits per heavy atom. The van der Waals surface area contributed by atoms with Gasteiger partial charge in [-0.05, 0) is 32.9 Å². The van der Waals surface area contributed by atoms with Crippen molar-refractivity contribution >= 4 is 17.3 Å². The van der Waals surface area contributed by atoms with E-state index in [1.165, 1.54) is 0 Å². The minimum absolute atomic E-state index is 0.0911. The van der Waals surface area contributed by atoms with E-state index in [-0.39, 0.29) is 11.3 Å². The monoisotopic (exact) mass is 294 g/mol. The third-order valence-electron chi connectivity index (χ3n) is 3.02. The van der Waals surface area contributed by atoms with Crippen LogP contribution >= 0.6 is 0 Å². The maximum Gasteiger partial charge on any atom is 0.255 e. The van der Waals surface area contributed by atoms with E-state index in [0.717, 1.165) is 12.1 Å². The lowest BCUT2D eigenvalue weighted by Crippen LogP contribution is -2.14. The Morgan fingerprint density at radius 1 is 1.24 bits per heavy atom. The first-order chi connectivity index (χ1) is 9.93. The first-order valence-corrected chi connectivity index (χ1v) is 6.49. The summed E-state index contributed by atoms with van der Waals surface area (Å²) < 4.78 is 27.6. The second-order valence-electron chi connectivity index (χ2n) is 4.61. The molecule has 0 atom stereocenters. The SMILES string of the molecule is CCNc1c(F)cc(C(=O)Nc2c(C)n[nH]c2C)cc1F. The number of hydrogen-bond donors (Lipinski definition) is 3. The number of nitrogens with one attached hydrogen (secondary N) is 3. The summed E-state index contributed by atoms with van der Waals surface area (Å²) in [6.07, 6.45) is 0. The minimum Gasteiger partial charge on any atom is -0.381 e. The van der Waals surface area contributed by atoms with Crippen LogP contribution < -0.4 is 10.6 Å². The van der Waals surface area contributed by atoms with Crippen molar-refractivity contribution in [3.05, 3.63) is 40.7 Å². The molecule has 0 aliphatic carbocycles. The lowest BCUT2D eigenvalue weighted by molar-refractivity contribution is 0.102. The number of hydrogen-bond acceptors (Lipinski definition) is 3. The number of carbonyl (C=O) groups is 1. The molecule has 7 heteroatoms. The summed E-state index contributed by atoms with van der Waals surface area (Å²) in [5.41, 5.74) is 1.46. The summed E-state index contributed by atoms with van der Waals surface area (Å²) in [7, 11) is 0. The van der Waals surface area contributed by atoms with Crippen LogP contribution in [0.25, 0.3) is 0 Å². The molecule has 1 heterocycles. The van der Waals surface area contributed by atoms with E-state index in [0.29, 0.717) is 23.6 Å². The molecule has 0 saturated carbocycles. The normalized spacial score (nSPS) is 10.5. The zero-order valence-corrected chi connectivity index (χ0v) is 12.0. The molecule has 3 N–H and O–H groups in total.